The first kappa shape index (κ1) is 23.7. The number of fused-ring (bicyclic) bond motifs is 3. The number of aromatic nitrogens is 1. The molecule has 0 N–H and O–H groups in total. The normalized spacial score (nSPS) is 21.5. The Labute approximate surface area is 207 Å². The smallest absolute Gasteiger partial charge is 0.0239 e. The summed E-state index contributed by atoms with van der Waals surface area (Å²) in [5.41, 5.74) is 8.90. The van der Waals surface area contributed by atoms with Gasteiger partial charge in [-0.25, -0.2) is 0 Å². The van der Waals surface area contributed by atoms with Gasteiger partial charge < -0.3 is 4.98 Å². The second-order valence-corrected chi connectivity index (χ2v) is 12.7. The molecule has 171 valence electrons. The number of rotatable bonds is 1. The molecule has 0 unspecified atom stereocenters. The molecule has 1 heterocycles. The summed E-state index contributed by atoms with van der Waals surface area (Å²) in [6.07, 6.45) is 5.72. The molecule has 0 saturated heterocycles. The van der Waals surface area contributed by atoms with Crippen LogP contribution < -0.4 is 0 Å². The first-order valence-electron chi connectivity index (χ1n) is 11.8. The van der Waals surface area contributed by atoms with E-state index in [1.165, 1.54) is 52.3 Å². The summed E-state index contributed by atoms with van der Waals surface area (Å²) in [7, 11) is 0. The fourth-order valence-electron chi connectivity index (χ4n) is 6.41. The Bertz CT molecular complexity index is 1210. The predicted molar refractivity (Wildman–Crippen MR) is 132 cm³/mol. The topological polar surface area (TPSA) is 12.9 Å². The monoisotopic (exact) mass is 603 g/mol. The van der Waals surface area contributed by atoms with Crippen LogP contribution in [0.25, 0.3) is 22.0 Å². The van der Waals surface area contributed by atoms with E-state index in [1.54, 1.807) is 0 Å². The molecule has 1 aromatic heterocycles. The van der Waals surface area contributed by atoms with Crippen LogP contribution in [0.4, 0.5) is 0 Å². The zero-order chi connectivity index (χ0) is 22.4. The second-order valence-electron chi connectivity index (χ2n) is 12.7. The van der Waals surface area contributed by atoms with E-state index in [1.807, 2.05) is 0 Å². The van der Waals surface area contributed by atoms with E-state index in [0.717, 1.165) is 11.3 Å². The number of pyridine rings is 1. The van der Waals surface area contributed by atoms with Crippen LogP contribution in [0.1, 0.15) is 96.9 Å². The van der Waals surface area contributed by atoms with Gasteiger partial charge in [0.05, 0.1) is 0 Å². The van der Waals surface area contributed by atoms with E-state index in [4.69, 9.17) is 4.98 Å². The molecule has 0 amide bonds. The molecule has 0 fully saturated rings. The summed E-state index contributed by atoms with van der Waals surface area (Å²) in [6, 6.07) is 15.3. The number of hydrogen-bond donors (Lipinski definition) is 0. The molecule has 0 aliphatic heterocycles. The van der Waals surface area contributed by atoms with Crippen molar-refractivity contribution in [2.24, 2.45) is 0 Å². The zero-order valence-electron chi connectivity index (χ0n) is 20.9. The van der Waals surface area contributed by atoms with Gasteiger partial charge in [-0.15, -0.1) is 34.9 Å². The minimum atomic E-state index is 0. The van der Waals surface area contributed by atoms with Crippen molar-refractivity contribution in [2.75, 3.05) is 0 Å². The van der Waals surface area contributed by atoms with Gasteiger partial charge >= 0.3 is 0 Å². The van der Waals surface area contributed by atoms with Crippen LogP contribution in [0.5, 0.6) is 0 Å². The molecular formula is C30H36IrN-. The van der Waals surface area contributed by atoms with Crippen LogP contribution in [0.2, 0.25) is 0 Å². The van der Waals surface area contributed by atoms with E-state index < -0.39 is 0 Å². The minimum absolute atomic E-state index is 0. The zero-order valence-corrected chi connectivity index (χ0v) is 23.3. The van der Waals surface area contributed by atoms with Crippen molar-refractivity contribution >= 4 is 10.8 Å². The van der Waals surface area contributed by atoms with E-state index in [9.17, 15) is 0 Å². The molecule has 2 aliphatic rings. The van der Waals surface area contributed by atoms with Crippen molar-refractivity contribution in [1.82, 2.24) is 4.98 Å². The summed E-state index contributed by atoms with van der Waals surface area (Å²) >= 11 is 0. The largest absolute Gasteiger partial charge is 0.304 e. The van der Waals surface area contributed by atoms with Crippen molar-refractivity contribution in [2.45, 2.75) is 96.3 Å². The predicted octanol–water partition coefficient (Wildman–Crippen LogP) is 8.01. The van der Waals surface area contributed by atoms with E-state index in [2.05, 4.69) is 98.0 Å². The third-order valence-corrected chi connectivity index (χ3v) is 8.26. The average molecular weight is 603 g/mol. The number of nitrogens with zero attached hydrogens (tertiary/aromatic N) is 1. The maximum absolute atomic E-state index is 4.89. The molecule has 1 nitrogen and oxygen atoms in total. The summed E-state index contributed by atoms with van der Waals surface area (Å²) in [6.45, 7) is 19.0. The summed E-state index contributed by atoms with van der Waals surface area (Å²) in [4.78, 5) is 4.89. The molecule has 2 aromatic carbocycles. The van der Waals surface area contributed by atoms with Crippen molar-refractivity contribution in [1.29, 1.82) is 0 Å². The number of hydrogen-bond acceptors (Lipinski definition) is 1. The van der Waals surface area contributed by atoms with Gasteiger partial charge in [-0.1, -0.05) is 67.5 Å². The van der Waals surface area contributed by atoms with Crippen molar-refractivity contribution in [3.63, 3.8) is 0 Å². The Morgan fingerprint density at radius 2 is 1.19 bits per heavy atom. The second kappa shape index (κ2) is 7.25. The van der Waals surface area contributed by atoms with E-state index in [0.29, 0.717) is 0 Å². The Balaban J connectivity index is 0.00000245. The standard InChI is InChI=1S/C30H36N.Ir/c1-27(2)11-12-28(3,4)25-15-21-17-31-26(16-20(21)14-24(25)27)19-9-10-22-23(13-19)30(7,8)18-29(22,5)6;/h10,13-17H,11-12,18H2,1-8H3;/q-1;. The van der Waals surface area contributed by atoms with Gasteiger partial charge in [-0.2, -0.15) is 0 Å². The van der Waals surface area contributed by atoms with E-state index >= 15 is 0 Å². The first-order valence-corrected chi connectivity index (χ1v) is 11.8. The molecule has 5 rings (SSSR count). The third kappa shape index (κ3) is 3.59. The molecule has 1 radical (unpaired) electrons. The van der Waals surface area contributed by atoms with Gasteiger partial charge in [-0.05, 0) is 74.6 Å². The van der Waals surface area contributed by atoms with Crippen molar-refractivity contribution in [3.8, 4) is 11.3 Å². The first-order chi connectivity index (χ1) is 14.3. The van der Waals surface area contributed by atoms with Crippen LogP contribution >= 0.6 is 0 Å². The van der Waals surface area contributed by atoms with Gasteiger partial charge in [0.2, 0.25) is 0 Å². The van der Waals surface area contributed by atoms with Gasteiger partial charge in [-0.3, -0.25) is 0 Å². The van der Waals surface area contributed by atoms with Crippen LogP contribution in [-0.2, 0) is 41.8 Å². The fraction of sp³-hybridized carbons (Fsp3) is 0.500. The maximum Gasteiger partial charge on any atom is 0.0239 e. The molecule has 0 atom stereocenters. The van der Waals surface area contributed by atoms with Crippen LogP contribution in [-0.4, -0.2) is 4.98 Å². The Morgan fingerprint density at radius 1 is 0.656 bits per heavy atom. The van der Waals surface area contributed by atoms with Crippen molar-refractivity contribution in [3.05, 3.63) is 64.8 Å². The molecule has 32 heavy (non-hydrogen) atoms. The Morgan fingerprint density at radius 3 is 1.81 bits per heavy atom. The van der Waals surface area contributed by atoms with Gasteiger partial charge in [0.1, 0.15) is 0 Å². The quantitative estimate of drug-likeness (QED) is 0.257. The Hall–Kier alpha value is -1.50. The average Bonchev–Trinajstić information content (AvgIpc) is 2.88. The molecule has 0 bridgehead atoms. The van der Waals surface area contributed by atoms with Crippen LogP contribution in [0.15, 0.2) is 36.5 Å². The summed E-state index contributed by atoms with van der Waals surface area (Å²) in [5.74, 6) is 0. The molecule has 0 saturated carbocycles. The SMILES string of the molecule is CC1(C)CCC(C)(C)c2cc3cc(-c4[c-]cc5c(c4)C(C)(C)CC5(C)C)ncc3cc21.[Ir]. The summed E-state index contributed by atoms with van der Waals surface area (Å²) in [5, 5.41) is 2.54. The minimum Gasteiger partial charge on any atom is -0.304 e. The molecule has 3 aromatic rings. The number of benzene rings is 2. The van der Waals surface area contributed by atoms with Gasteiger partial charge in [0.15, 0.2) is 0 Å². The molecular weight excluding hydrogens is 567 g/mol. The van der Waals surface area contributed by atoms with Crippen molar-refractivity contribution < 1.29 is 20.1 Å². The third-order valence-electron chi connectivity index (χ3n) is 8.26. The van der Waals surface area contributed by atoms with Crippen LogP contribution in [0.3, 0.4) is 0 Å². The van der Waals surface area contributed by atoms with Crippen LogP contribution in [0, 0.1) is 6.07 Å². The Kier molecular flexibility index (Phi) is 5.36. The molecule has 0 spiro atoms. The maximum atomic E-state index is 4.89. The van der Waals surface area contributed by atoms with Gasteiger partial charge in [0, 0.05) is 26.3 Å². The van der Waals surface area contributed by atoms with Gasteiger partial charge in [0.25, 0.3) is 0 Å². The summed E-state index contributed by atoms with van der Waals surface area (Å²) < 4.78 is 0. The molecule has 2 heteroatoms. The fourth-order valence-corrected chi connectivity index (χ4v) is 6.41. The van der Waals surface area contributed by atoms with E-state index in [-0.39, 0.29) is 41.8 Å². The molecule has 2 aliphatic carbocycles.